The minimum Gasteiger partial charge on any atom is -0.364 e. The van der Waals surface area contributed by atoms with Crippen molar-refractivity contribution in [1.82, 2.24) is 9.97 Å². The second-order valence-corrected chi connectivity index (χ2v) is 7.20. The quantitative estimate of drug-likeness (QED) is 0.706. The molecule has 0 bridgehead atoms. The fourth-order valence-electron chi connectivity index (χ4n) is 3.15. The number of rotatable bonds is 4. The van der Waals surface area contributed by atoms with Crippen LogP contribution in [0.5, 0.6) is 0 Å². The van der Waals surface area contributed by atoms with Gasteiger partial charge in [0.25, 0.3) is 17.7 Å². The molecule has 1 aliphatic heterocycles. The van der Waals surface area contributed by atoms with E-state index in [1.165, 1.54) is 24.1 Å². The van der Waals surface area contributed by atoms with Gasteiger partial charge in [-0.1, -0.05) is 6.92 Å². The summed E-state index contributed by atoms with van der Waals surface area (Å²) in [5, 5.41) is 2.37. The highest BCUT2D eigenvalue weighted by atomic mass is 19.4. The summed E-state index contributed by atoms with van der Waals surface area (Å²) in [6.45, 7) is 0.947. The van der Waals surface area contributed by atoms with Crippen LogP contribution in [0.4, 0.5) is 33.5 Å². The zero-order valence-electron chi connectivity index (χ0n) is 16.2. The highest BCUT2D eigenvalue weighted by Crippen LogP contribution is 2.37. The first kappa shape index (κ1) is 22.4. The predicted molar refractivity (Wildman–Crippen MR) is 101 cm³/mol. The van der Waals surface area contributed by atoms with Gasteiger partial charge < -0.3 is 16.0 Å². The standard InChI is InChI=1S/C19H18F5N5O2/c1-10-9-29(5-3-18(10,20)21)16-13(6-11(8-27-16)19(22,23)24)17(31)28-12-2-4-26-14(7-12)15(25)30/h2,4,6-8,10H,3,5,9H2,1H3,(H2,25,30)(H,26,28,31)/t10-/m0/s1. The number of alkyl halides is 5. The molecule has 1 saturated heterocycles. The fraction of sp³-hybridized carbons (Fsp3) is 0.368. The van der Waals surface area contributed by atoms with Gasteiger partial charge in [-0.2, -0.15) is 13.2 Å². The van der Waals surface area contributed by atoms with E-state index in [0.29, 0.717) is 12.3 Å². The third kappa shape index (κ3) is 4.89. The Kier molecular flexibility index (Phi) is 5.83. The van der Waals surface area contributed by atoms with Gasteiger partial charge in [-0.25, -0.2) is 13.8 Å². The average molecular weight is 443 g/mol. The van der Waals surface area contributed by atoms with E-state index in [0.717, 1.165) is 6.07 Å². The summed E-state index contributed by atoms with van der Waals surface area (Å²) in [4.78, 5) is 32.9. The van der Waals surface area contributed by atoms with Crippen LogP contribution in [-0.2, 0) is 6.18 Å². The number of nitrogens with zero attached hydrogens (tertiary/aromatic N) is 3. The molecule has 12 heteroatoms. The molecular formula is C19H18F5N5O2. The number of nitrogens with one attached hydrogen (secondary N) is 1. The zero-order valence-corrected chi connectivity index (χ0v) is 16.2. The molecule has 2 aromatic heterocycles. The number of nitrogens with two attached hydrogens (primary N) is 1. The number of primary amides is 1. The molecule has 0 radical (unpaired) electrons. The summed E-state index contributed by atoms with van der Waals surface area (Å²) < 4.78 is 67.3. The molecule has 0 spiro atoms. The molecule has 3 N–H and O–H groups in total. The van der Waals surface area contributed by atoms with Crippen LogP contribution in [0.15, 0.2) is 30.6 Å². The van der Waals surface area contributed by atoms with Crippen LogP contribution < -0.4 is 16.0 Å². The summed E-state index contributed by atoms with van der Waals surface area (Å²) in [5.74, 6) is -5.97. The molecule has 1 fully saturated rings. The van der Waals surface area contributed by atoms with Crippen molar-refractivity contribution in [2.45, 2.75) is 25.4 Å². The molecule has 2 amide bonds. The molecule has 31 heavy (non-hydrogen) atoms. The lowest BCUT2D eigenvalue weighted by Gasteiger charge is -2.38. The molecule has 3 heterocycles. The van der Waals surface area contributed by atoms with Gasteiger partial charge in [-0.15, -0.1) is 0 Å². The fourth-order valence-corrected chi connectivity index (χ4v) is 3.15. The number of halogens is 5. The Hall–Kier alpha value is -3.31. The molecule has 0 aliphatic carbocycles. The molecule has 0 saturated carbocycles. The van der Waals surface area contributed by atoms with Gasteiger partial charge in [0.1, 0.15) is 11.5 Å². The molecule has 166 valence electrons. The van der Waals surface area contributed by atoms with Gasteiger partial charge in [0, 0.05) is 43.5 Å². The Bertz CT molecular complexity index is 1010. The highest BCUT2D eigenvalue weighted by molar-refractivity contribution is 6.08. The monoisotopic (exact) mass is 443 g/mol. The summed E-state index contributed by atoms with van der Waals surface area (Å²) in [6.07, 6.45) is -3.54. The van der Waals surface area contributed by atoms with E-state index in [2.05, 4.69) is 15.3 Å². The van der Waals surface area contributed by atoms with E-state index in [1.807, 2.05) is 0 Å². The van der Waals surface area contributed by atoms with Crippen LogP contribution in [0.25, 0.3) is 0 Å². The van der Waals surface area contributed by atoms with Crippen LogP contribution in [0.1, 0.15) is 39.8 Å². The minimum absolute atomic E-state index is 0.0655. The number of amides is 2. The Morgan fingerprint density at radius 1 is 1.26 bits per heavy atom. The Morgan fingerprint density at radius 2 is 1.97 bits per heavy atom. The number of piperidine rings is 1. The molecule has 0 unspecified atom stereocenters. The van der Waals surface area contributed by atoms with Crippen LogP contribution in [0, 0.1) is 5.92 Å². The predicted octanol–water partition coefficient (Wildman–Crippen LogP) is 3.33. The van der Waals surface area contributed by atoms with E-state index in [1.54, 1.807) is 0 Å². The van der Waals surface area contributed by atoms with Crippen LogP contribution in [-0.4, -0.2) is 40.8 Å². The first-order chi connectivity index (χ1) is 14.4. The Morgan fingerprint density at radius 3 is 2.58 bits per heavy atom. The van der Waals surface area contributed by atoms with Gasteiger partial charge in [-0.05, 0) is 18.2 Å². The SMILES string of the molecule is C[C@H]1CN(c2ncc(C(F)(F)F)cc2C(=O)Nc2ccnc(C(N)=O)c2)CCC1(F)F. The third-order valence-electron chi connectivity index (χ3n) is 4.94. The molecule has 2 aromatic rings. The second kappa shape index (κ2) is 8.08. The number of anilines is 2. The maximum Gasteiger partial charge on any atom is 0.417 e. The molecule has 1 atom stereocenters. The van der Waals surface area contributed by atoms with Crippen LogP contribution in [0.3, 0.4) is 0 Å². The highest BCUT2D eigenvalue weighted by Gasteiger charge is 2.42. The minimum atomic E-state index is -4.77. The lowest BCUT2D eigenvalue weighted by molar-refractivity contribution is -0.137. The van der Waals surface area contributed by atoms with Crippen molar-refractivity contribution >= 4 is 23.3 Å². The van der Waals surface area contributed by atoms with Crippen molar-refractivity contribution in [3.63, 3.8) is 0 Å². The smallest absolute Gasteiger partial charge is 0.364 e. The van der Waals surface area contributed by atoms with E-state index in [-0.39, 0.29) is 30.3 Å². The lowest BCUT2D eigenvalue weighted by Crippen LogP contribution is -2.46. The molecule has 0 aromatic carbocycles. The summed E-state index contributed by atoms with van der Waals surface area (Å²) in [5.41, 5.74) is 3.43. The van der Waals surface area contributed by atoms with Crippen molar-refractivity contribution in [3.05, 3.63) is 47.4 Å². The van der Waals surface area contributed by atoms with Crippen molar-refractivity contribution in [2.75, 3.05) is 23.3 Å². The maximum absolute atomic E-state index is 13.8. The normalized spacial score (nSPS) is 18.5. The van der Waals surface area contributed by atoms with Crippen molar-refractivity contribution < 1.29 is 31.5 Å². The summed E-state index contributed by atoms with van der Waals surface area (Å²) >= 11 is 0. The van der Waals surface area contributed by atoms with Crippen molar-refractivity contribution in [3.8, 4) is 0 Å². The first-order valence-electron chi connectivity index (χ1n) is 9.15. The summed E-state index contributed by atoms with van der Waals surface area (Å²) in [6, 6.07) is 3.09. The number of aromatic nitrogens is 2. The molecular weight excluding hydrogens is 425 g/mol. The van der Waals surface area contributed by atoms with Gasteiger partial charge in [0.2, 0.25) is 0 Å². The second-order valence-electron chi connectivity index (χ2n) is 7.20. The van der Waals surface area contributed by atoms with E-state index in [9.17, 15) is 31.5 Å². The van der Waals surface area contributed by atoms with Gasteiger partial charge in [0.15, 0.2) is 0 Å². The van der Waals surface area contributed by atoms with Gasteiger partial charge in [0.05, 0.1) is 11.1 Å². The van der Waals surface area contributed by atoms with Gasteiger partial charge >= 0.3 is 6.18 Å². The van der Waals surface area contributed by atoms with E-state index < -0.39 is 47.4 Å². The van der Waals surface area contributed by atoms with Crippen molar-refractivity contribution in [2.24, 2.45) is 11.7 Å². The van der Waals surface area contributed by atoms with Crippen LogP contribution in [0.2, 0.25) is 0 Å². The number of pyridine rings is 2. The zero-order chi connectivity index (χ0) is 23.0. The number of carbonyl (C=O) groups excluding carboxylic acids is 2. The van der Waals surface area contributed by atoms with Crippen LogP contribution >= 0.6 is 0 Å². The largest absolute Gasteiger partial charge is 0.417 e. The average Bonchev–Trinajstić information content (AvgIpc) is 2.69. The Labute approximate surface area is 173 Å². The molecule has 3 rings (SSSR count). The molecule has 1 aliphatic rings. The van der Waals surface area contributed by atoms with E-state index in [4.69, 9.17) is 5.73 Å². The van der Waals surface area contributed by atoms with E-state index >= 15 is 0 Å². The maximum atomic E-state index is 13.8. The number of hydrogen-bond donors (Lipinski definition) is 2. The summed E-state index contributed by atoms with van der Waals surface area (Å²) in [7, 11) is 0. The first-order valence-corrected chi connectivity index (χ1v) is 9.15. The van der Waals surface area contributed by atoms with Gasteiger partial charge in [-0.3, -0.25) is 14.6 Å². The lowest BCUT2D eigenvalue weighted by atomic mass is 9.95. The third-order valence-corrected chi connectivity index (χ3v) is 4.94. The topological polar surface area (TPSA) is 101 Å². The van der Waals surface area contributed by atoms with Crippen molar-refractivity contribution in [1.29, 1.82) is 0 Å². The number of carbonyl (C=O) groups is 2. The molecule has 7 nitrogen and oxygen atoms in total. The Balaban J connectivity index is 1.97. The number of hydrogen-bond acceptors (Lipinski definition) is 5.